The Morgan fingerprint density at radius 3 is 2.46 bits per heavy atom. The lowest BCUT2D eigenvalue weighted by atomic mass is 10.4. The zero-order valence-electron chi connectivity index (χ0n) is 6.66. The molecule has 0 atom stereocenters. The molecule has 0 heterocycles. The molecular formula is C6H7F2NO4. The van der Waals surface area contributed by atoms with Gasteiger partial charge in [0.1, 0.15) is 0 Å². The van der Waals surface area contributed by atoms with Gasteiger partial charge in [0.15, 0.2) is 5.76 Å². The molecule has 0 aliphatic carbocycles. The summed E-state index contributed by atoms with van der Waals surface area (Å²) in [5, 5.41) is 10.5. The predicted octanol–water partition coefficient (Wildman–Crippen LogP) is 1.35. The van der Waals surface area contributed by atoms with E-state index in [1.54, 1.807) is 0 Å². The molecule has 0 aliphatic heterocycles. The van der Waals surface area contributed by atoms with Crippen LogP contribution in [0.5, 0.6) is 0 Å². The standard InChI is InChI=1S/C6H7F2NO4/c1-2-13-6(11)3(9-12)4(10)5(7)8/h5,10H,2H2,1H3/b4-3-. The molecule has 0 spiro atoms. The largest absolute Gasteiger partial charge is 0.505 e. The maximum Gasteiger partial charge on any atom is 0.364 e. The first-order valence-corrected chi connectivity index (χ1v) is 3.26. The SMILES string of the molecule is CCOC(=O)/C(N=O)=C(/O)C(F)F. The Labute approximate surface area is 72.0 Å². The summed E-state index contributed by atoms with van der Waals surface area (Å²) >= 11 is 0. The Morgan fingerprint density at radius 1 is 1.62 bits per heavy atom. The molecule has 0 saturated heterocycles. The Bertz CT molecular complexity index is 239. The maximum atomic E-state index is 11.8. The van der Waals surface area contributed by atoms with Crippen molar-refractivity contribution in [1.82, 2.24) is 0 Å². The van der Waals surface area contributed by atoms with Gasteiger partial charge in [-0.2, -0.15) is 0 Å². The fourth-order valence-corrected chi connectivity index (χ4v) is 0.491. The van der Waals surface area contributed by atoms with Gasteiger partial charge in [0.05, 0.1) is 6.61 Å². The first-order chi connectivity index (χ1) is 6.04. The van der Waals surface area contributed by atoms with E-state index in [4.69, 9.17) is 5.11 Å². The van der Waals surface area contributed by atoms with Crippen LogP contribution in [0.15, 0.2) is 16.6 Å². The van der Waals surface area contributed by atoms with Crippen LogP contribution in [0.4, 0.5) is 8.78 Å². The Kier molecular flexibility index (Phi) is 4.57. The molecule has 74 valence electrons. The highest BCUT2D eigenvalue weighted by Crippen LogP contribution is 2.13. The normalized spacial score (nSPS) is 12.3. The molecule has 7 heteroatoms. The number of nitrogens with zero attached hydrogens (tertiary/aromatic N) is 1. The molecule has 0 saturated carbocycles. The van der Waals surface area contributed by atoms with Crippen LogP contribution in [0.3, 0.4) is 0 Å². The van der Waals surface area contributed by atoms with Gasteiger partial charge < -0.3 is 9.84 Å². The van der Waals surface area contributed by atoms with E-state index in [2.05, 4.69) is 4.74 Å². The van der Waals surface area contributed by atoms with E-state index in [1.807, 2.05) is 5.18 Å². The third kappa shape index (κ3) is 3.14. The first kappa shape index (κ1) is 11.5. The minimum atomic E-state index is -3.32. The van der Waals surface area contributed by atoms with E-state index < -0.39 is 23.9 Å². The number of halogens is 2. The maximum absolute atomic E-state index is 11.8. The molecule has 0 aromatic rings. The van der Waals surface area contributed by atoms with Gasteiger partial charge in [-0.25, -0.2) is 13.6 Å². The number of aliphatic hydroxyl groups is 1. The summed E-state index contributed by atoms with van der Waals surface area (Å²) in [4.78, 5) is 20.5. The van der Waals surface area contributed by atoms with Crippen molar-refractivity contribution in [3.05, 3.63) is 16.4 Å². The number of hydrogen-bond donors (Lipinski definition) is 1. The van der Waals surface area contributed by atoms with Gasteiger partial charge in [-0.1, -0.05) is 0 Å². The van der Waals surface area contributed by atoms with Crippen molar-refractivity contribution in [2.75, 3.05) is 6.61 Å². The number of carbonyl (C=O) groups excluding carboxylic acids is 1. The van der Waals surface area contributed by atoms with Crippen LogP contribution < -0.4 is 0 Å². The van der Waals surface area contributed by atoms with Gasteiger partial charge in [-0.05, 0) is 12.1 Å². The van der Waals surface area contributed by atoms with E-state index in [1.165, 1.54) is 6.92 Å². The lowest BCUT2D eigenvalue weighted by Crippen LogP contribution is -2.11. The minimum absolute atomic E-state index is 0.103. The third-order valence-corrected chi connectivity index (χ3v) is 1.01. The first-order valence-electron chi connectivity index (χ1n) is 3.26. The van der Waals surface area contributed by atoms with Gasteiger partial charge in [-0.15, -0.1) is 4.91 Å². The lowest BCUT2D eigenvalue weighted by Gasteiger charge is -2.01. The van der Waals surface area contributed by atoms with E-state index in [0.717, 1.165) is 0 Å². The van der Waals surface area contributed by atoms with E-state index in [-0.39, 0.29) is 6.61 Å². The number of carbonyl (C=O) groups is 1. The average Bonchev–Trinajstić information content (AvgIpc) is 2.05. The van der Waals surface area contributed by atoms with Crippen molar-refractivity contribution in [2.24, 2.45) is 5.18 Å². The van der Waals surface area contributed by atoms with Crippen LogP contribution in [0.1, 0.15) is 6.92 Å². The fraction of sp³-hybridized carbons (Fsp3) is 0.500. The van der Waals surface area contributed by atoms with Crippen LogP contribution in [0.2, 0.25) is 0 Å². The molecule has 0 aromatic carbocycles. The van der Waals surface area contributed by atoms with E-state index in [9.17, 15) is 18.5 Å². The molecule has 1 N–H and O–H groups in total. The second-order valence-corrected chi connectivity index (χ2v) is 1.85. The molecule has 0 radical (unpaired) electrons. The van der Waals surface area contributed by atoms with Crippen molar-refractivity contribution in [2.45, 2.75) is 13.3 Å². The highest BCUT2D eigenvalue weighted by atomic mass is 19.3. The summed E-state index contributed by atoms with van der Waals surface area (Å²) in [5.41, 5.74) is -1.29. The molecular weight excluding hydrogens is 188 g/mol. The zero-order chi connectivity index (χ0) is 10.4. The molecule has 0 rings (SSSR count). The van der Waals surface area contributed by atoms with Crippen molar-refractivity contribution in [1.29, 1.82) is 0 Å². The van der Waals surface area contributed by atoms with Crippen molar-refractivity contribution in [3.8, 4) is 0 Å². The monoisotopic (exact) mass is 195 g/mol. The third-order valence-electron chi connectivity index (χ3n) is 1.01. The number of esters is 1. The predicted molar refractivity (Wildman–Crippen MR) is 38.1 cm³/mol. The number of aliphatic hydroxyl groups excluding tert-OH is 1. The Hall–Kier alpha value is -1.53. The van der Waals surface area contributed by atoms with E-state index in [0.29, 0.717) is 0 Å². The van der Waals surface area contributed by atoms with Gasteiger partial charge >= 0.3 is 5.97 Å². The smallest absolute Gasteiger partial charge is 0.364 e. The molecule has 13 heavy (non-hydrogen) atoms. The van der Waals surface area contributed by atoms with Gasteiger partial charge in [0.25, 0.3) is 6.43 Å². The highest BCUT2D eigenvalue weighted by Gasteiger charge is 2.23. The van der Waals surface area contributed by atoms with Gasteiger partial charge in [-0.3, -0.25) is 0 Å². The molecule has 0 aromatic heterocycles. The molecule has 0 bridgehead atoms. The summed E-state index contributed by atoms with van der Waals surface area (Å²) in [6.45, 7) is 1.31. The molecule has 0 unspecified atom stereocenters. The second kappa shape index (κ2) is 5.18. The number of alkyl halides is 2. The Balaban J connectivity index is 4.77. The summed E-state index contributed by atoms with van der Waals surface area (Å²) in [7, 11) is 0. The molecule has 5 nitrogen and oxygen atoms in total. The number of hydrogen-bond acceptors (Lipinski definition) is 5. The van der Waals surface area contributed by atoms with Crippen LogP contribution in [0, 0.1) is 4.91 Å². The van der Waals surface area contributed by atoms with Gasteiger partial charge in [0.2, 0.25) is 5.70 Å². The number of rotatable bonds is 4. The summed E-state index contributed by atoms with van der Waals surface area (Å²) in [6.07, 6.45) is -3.32. The van der Waals surface area contributed by atoms with E-state index >= 15 is 0 Å². The summed E-state index contributed by atoms with van der Waals surface area (Å²) < 4.78 is 27.7. The zero-order valence-corrected chi connectivity index (χ0v) is 6.66. The summed E-state index contributed by atoms with van der Waals surface area (Å²) in [5.74, 6) is -3.04. The minimum Gasteiger partial charge on any atom is -0.505 e. The number of allylic oxidation sites excluding steroid dienone is 1. The Morgan fingerprint density at radius 2 is 2.15 bits per heavy atom. The average molecular weight is 195 g/mol. The number of nitroso groups, excluding NO2 is 1. The summed E-state index contributed by atoms with van der Waals surface area (Å²) in [6, 6.07) is 0. The van der Waals surface area contributed by atoms with Crippen LogP contribution in [-0.2, 0) is 9.53 Å². The molecule has 0 amide bonds. The van der Waals surface area contributed by atoms with Crippen LogP contribution >= 0.6 is 0 Å². The van der Waals surface area contributed by atoms with Crippen molar-refractivity contribution in [3.63, 3.8) is 0 Å². The van der Waals surface area contributed by atoms with Crippen LogP contribution in [0.25, 0.3) is 0 Å². The van der Waals surface area contributed by atoms with Crippen LogP contribution in [-0.4, -0.2) is 24.1 Å². The topological polar surface area (TPSA) is 76.0 Å². The quantitative estimate of drug-likeness (QED) is 0.318. The number of ether oxygens (including phenoxy) is 1. The second-order valence-electron chi connectivity index (χ2n) is 1.85. The fourth-order valence-electron chi connectivity index (χ4n) is 0.491. The lowest BCUT2D eigenvalue weighted by molar-refractivity contribution is -0.139. The van der Waals surface area contributed by atoms with Crippen molar-refractivity contribution >= 4 is 5.97 Å². The molecule has 0 aliphatic rings. The van der Waals surface area contributed by atoms with Gasteiger partial charge in [0, 0.05) is 0 Å². The van der Waals surface area contributed by atoms with Crippen molar-refractivity contribution < 1.29 is 23.4 Å². The highest BCUT2D eigenvalue weighted by molar-refractivity contribution is 5.88. The molecule has 0 fully saturated rings.